The van der Waals surface area contributed by atoms with Crippen LogP contribution in [0.3, 0.4) is 0 Å². The largest absolute Gasteiger partial charge is 0.495 e. The SMILES string of the molecule is CCC1CCCC(C(O)c2sccc2OC)C1. The van der Waals surface area contributed by atoms with Gasteiger partial charge in [-0.1, -0.05) is 26.2 Å². The Hall–Kier alpha value is -0.540. The van der Waals surface area contributed by atoms with E-state index in [0.717, 1.165) is 23.0 Å². The first kappa shape index (κ1) is 12.9. The van der Waals surface area contributed by atoms with Gasteiger partial charge in [0.2, 0.25) is 0 Å². The highest BCUT2D eigenvalue weighted by atomic mass is 32.1. The van der Waals surface area contributed by atoms with Crippen LogP contribution in [0.2, 0.25) is 0 Å². The van der Waals surface area contributed by atoms with E-state index in [0.29, 0.717) is 5.92 Å². The Morgan fingerprint density at radius 1 is 1.53 bits per heavy atom. The number of methoxy groups -OCH3 is 1. The molecule has 1 aromatic rings. The van der Waals surface area contributed by atoms with Crippen molar-refractivity contribution < 1.29 is 9.84 Å². The van der Waals surface area contributed by atoms with Gasteiger partial charge < -0.3 is 9.84 Å². The third-order valence-electron chi connectivity index (χ3n) is 3.99. The number of rotatable bonds is 4. The van der Waals surface area contributed by atoms with E-state index in [1.165, 1.54) is 25.7 Å². The van der Waals surface area contributed by atoms with Crippen LogP contribution in [0.4, 0.5) is 0 Å². The maximum absolute atomic E-state index is 10.5. The maximum atomic E-state index is 10.5. The van der Waals surface area contributed by atoms with Crippen molar-refractivity contribution >= 4 is 11.3 Å². The van der Waals surface area contributed by atoms with Crippen LogP contribution in [0.15, 0.2) is 11.4 Å². The van der Waals surface area contributed by atoms with Crippen LogP contribution in [0.1, 0.15) is 50.0 Å². The Morgan fingerprint density at radius 3 is 3.06 bits per heavy atom. The smallest absolute Gasteiger partial charge is 0.135 e. The molecule has 0 bridgehead atoms. The first-order chi connectivity index (χ1) is 8.26. The number of thiophene rings is 1. The summed E-state index contributed by atoms with van der Waals surface area (Å²) in [5.41, 5.74) is 0. The standard InChI is InChI=1S/C14H22O2S/c1-3-10-5-4-6-11(9-10)13(15)14-12(16-2)7-8-17-14/h7-8,10-11,13,15H,3-6,9H2,1-2H3. The van der Waals surface area contributed by atoms with Crippen LogP contribution in [0.5, 0.6) is 5.75 Å². The zero-order valence-corrected chi connectivity index (χ0v) is 11.5. The molecule has 0 spiro atoms. The molecule has 1 aliphatic rings. The molecule has 1 heterocycles. The molecule has 0 saturated heterocycles. The second-order valence-corrected chi connectivity index (χ2v) is 5.95. The van der Waals surface area contributed by atoms with Crippen molar-refractivity contribution in [1.82, 2.24) is 0 Å². The molecule has 17 heavy (non-hydrogen) atoms. The summed E-state index contributed by atoms with van der Waals surface area (Å²) < 4.78 is 5.30. The lowest BCUT2D eigenvalue weighted by atomic mass is 9.77. The Kier molecular flexibility index (Phi) is 4.46. The van der Waals surface area contributed by atoms with Gasteiger partial charge in [0.25, 0.3) is 0 Å². The highest BCUT2D eigenvalue weighted by molar-refractivity contribution is 7.10. The second-order valence-electron chi connectivity index (χ2n) is 5.00. The van der Waals surface area contributed by atoms with Crippen molar-refractivity contribution in [1.29, 1.82) is 0 Å². The summed E-state index contributed by atoms with van der Waals surface area (Å²) in [4.78, 5) is 1.01. The zero-order valence-electron chi connectivity index (χ0n) is 10.7. The molecule has 3 heteroatoms. The molecule has 2 nitrogen and oxygen atoms in total. The van der Waals surface area contributed by atoms with Crippen molar-refractivity contribution in [3.05, 3.63) is 16.3 Å². The van der Waals surface area contributed by atoms with Gasteiger partial charge in [-0.05, 0) is 36.1 Å². The molecular weight excluding hydrogens is 232 g/mol. The first-order valence-corrected chi connectivity index (χ1v) is 7.43. The Morgan fingerprint density at radius 2 is 2.35 bits per heavy atom. The molecule has 3 unspecified atom stereocenters. The van der Waals surface area contributed by atoms with Gasteiger partial charge in [-0.15, -0.1) is 11.3 Å². The van der Waals surface area contributed by atoms with Gasteiger partial charge in [-0.3, -0.25) is 0 Å². The van der Waals surface area contributed by atoms with Crippen LogP contribution in [0, 0.1) is 11.8 Å². The van der Waals surface area contributed by atoms with E-state index in [-0.39, 0.29) is 6.10 Å². The topological polar surface area (TPSA) is 29.5 Å². The highest BCUT2D eigenvalue weighted by Crippen LogP contribution is 2.42. The minimum Gasteiger partial charge on any atom is -0.495 e. The fourth-order valence-electron chi connectivity index (χ4n) is 2.90. The van der Waals surface area contributed by atoms with Gasteiger partial charge >= 0.3 is 0 Å². The lowest BCUT2D eigenvalue weighted by Gasteiger charge is -2.31. The first-order valence-electron chi connectivity index (χ1n) is 6.55. The van der Waals surface area contributed by atoms with E-state index in [9.17, 15) is 5.11 Å². The van der Waals surface area contributed by atoms with Gasteiger partial charge in [0.15, 0.2) is 0 Å². The van der Waals surface area contributed by atoms with Crippen LogP contribution in [-0.2, 0) is 0 Å². The maximum Gasteiger partial charge on any atom is 0.135 e. The third kappa shape index (κ3) is 2.83. The molecule has 1 N–H and O–H groups in total. The van der Waals surface area contributed by atoms with Crippen molar-refractivity contribution in [2.75, 3.05) is 7.11 Å². The zero-order chi connectivity index (χ0) is 12.3. The van der Waals surface area contributed by atoms with Crippen LogP contribution in [-0.4, -0.2) is 12.2 Å². The molecule has 2 rings (SSSR count). The summed E-state index contributed by atoms with van der Waals surface area (Å²) in [6.07, 6.45) is 5.82. The molecule has 96 valence electrons. The highest BCUT2D eigenvalue weighted by Gasteiger charge is 2.29. The predicted molar refractivity (Wildman–Crippen MR) is 71.6 cm³/mol. The Labute approximate surface area is 108 Å². The number of hydrogen-bond acceptors (Lipinski definition) is 3. The molecule has 1 saturated carbocycles. The van der Waals surface area contributed by atoms with Crippen molar-refractivity contribution in [3.8, 4) is 5.75 Å². The number of hydrogen-bond donors (Lipinski definition) is 1. The minimum absolute atomic E-state index is 0.334. The van der Waals surface area contributed by atoms with Crippen molar-refractivity contribution in [2.24, 2.45) is 11.8 Å². The molecule has 1 aromatic heterocycles. The lowest BCUT2D eigenvalue weighted by molar-refractivity contribution is 0.0687. The van der Waals surface area contributed by atoms with E-state index in [4.69, 9.17) is 4.74 Å². The molecule has 1 fully saturated rings. The summed E-state index contributed by atoms with van der Waals surface area (Å²) in [5.74, 6) is 2.07. The molecule has 3 atom stereocenters. The van der Waals surface area contributed by atoms with Crippen molar-refractivity contribution in [2.45, 2.75) is 45.1 Å². The van der Waals surface area contributed by atoms with Gasteiger partial charge in [-0.25, -0.2) is 0 Å². The third-order valence-corrected chi connectivity index (χ3v) is 4.96. The van der Waals surface area contributed by atoms with E-state index >= 15 is 0 Å². The van der Waals surface area contributed by atoms with Gasteiger partial charge in [0.1, 0.15) is 5.75 Å². The monoisotopic (exact) mass is 254 g/mol. The van der Waals surface area contributed by atoms with Crippen LogP contribution >= 0.6 is 11.3 Å². The molecular formula is C14H22O2S. The number of ether oxygens (including phenoxy) is 1. The summed E-state index contributed by atoms with van der Waals surface area (Å²) in [6, 6.07) is 1.95. The molecule has 1 aliphatic carbocycles. The fraction of sp³-hybridized carbons (Fsp3) is 0.714. The van der Waals surface area contributed by atoms with Gasteiger partial charge in [0, 0.05) is 0 Å². The van der Waals surface area contributed by atoms with Crippen LogP contribution < -0.4 is 4.74 Å². The summed E-state index contributed by atoms with van der Waals surface area (Å²) in [7, 11) is 1.67. The Balaban J connectivity index is 2.06. The Bertz CT molecular complexity index is 348. The summed E-state index contributed by atoms with van der Waals surface area (Å²) in [5, 5.41) is 12.5. The molecule has 0 amide bonds. The quantitative estimate of drug-likeness (QED) is 0.879. The number of aliphatic hydroxyl groups is 1. The molecule has 0 aliphatic heterocycles. The fourth-order valence-corrected chi connectivity index (χ4v) is 3.84. The summed E-state index contributed by atoms with van der Waals surface area (Å²) in [6.45, 7) is 2.26. The van der Waals surface area contributed by atoms with E-state index in [1.54, 1.807) is 18.4 Å². The average molecular weight is 254 g/mol. The van der Waals surface area contributed by atoms with E-state index in [1.807, 2.05) is 11.4 Å². The van der Waals surface area contributed by atoms with Gasteiger partial charge in [0.05, 0.1) is 18.1 Å². The van der Waals surface area contributed by atoms with E-state index < -0.39 is 0 Å². The second kappa shape index (κ2) is 5.87. The predicted octanol–water partition coefficient (Wildman–Crippen LogP) is 4.01. The van der Waals surface area contributed by atoms with Gasteiger partial charge in [-0.2, -0.15) is 0 Å². The normalized spacial score (nSPS) is 26.8. The average Bonchev–Trinajstić information content (AvgIpc) is 2.86. The lowest BCUT2D eigenvalue weighted by Crippen LogP contribution is -2.21. The minimum atomic E-state index is -0.334. The molecule has 0 radical (unpaired) electrons. The van der Waals surface area contributed by atoms with Crippen LogP contribution in [0.25, 0.3) is 0 Å². The van der Waals surface area contributed by atoms with E-state index in [2.05, 4.69) is 6.92 Å². The number of aliphatic hydroxyl groups excluding tert-OH is 1. The van der Waals surface area contributed by atoms with Crippen molar-refractivity contribution in [3.63, 3.8) is 0 Å². The molecule has 0 aromatic carbocycles. The summed E-state index contributed by atoms with van der Waals surface area (Å²) >= 11 is 1.61.